The molecule has 0 aromatic heterocycles. The molecule has 0 aliphatic heterocycles. The van der Waals surface area contributed by atoms with Crippen LogP contribution in [0.25, 0.3) is 0 Å². The Kier molecular flexibility index (Phi) is 6.84. The number of carbonyl (C=O) groups is 2. The number of nitrogens with one attached hydrogen (secondary N) is 2. The minimum atomic E-state index is -0.475. The molecule has 0 fully saturated rings. The van der Waals surface area contributed by atoms with Crippen molar-refractivity contribution >= 4 is 11.8 Å². The first kappa shape index (κ1) is 19.9. The van der Waals surface area contributed by atoms with Gasteiger partial charge in [-0.15, -0.1) is 0 Å². The second kappa shape index (κ2) is 9.94. The highest BCUT2D eigenvalue weighted by Gasteiger charge is 2.13. The molecule has 0 saturated heterocycles. The van der Waals surface area contributed by atoms with Crippen molar-refractivity contribution in [2.75, 3.05) is 6.61 Å². The molecule has 0 aliphatic carbocycles. The van der Waals surface area contributed by atoms with Gasteiger partial charge in [0.1, 0.15) is 18.1 Å². The van der Waals surface area contributed by atoms with E-state index in [9.17, 15) is 9.59 Å². The molecule has 2 amide bonds. The van der Waals surface area contributed by atoms with E-state index in [0.29, 0.717) is 23.7 Å². The van der Waals surface area contributed by atoms with Gasteiger partial charge in [0.2, 0.25) is 0 Å². The lowest BCUT2D eigenvalue weighted by Crippen LogP contribution is -2.43. The third-order valence-corrected chi connectivity index (χ3v) is 4.08. The summed E-state index contributed by atoms with van der Waals surface area (Å²) < 4.78 is 11.2. The molecule has 0 spiro atoms. The van der Waals surface area contributed by atoms with Crippen LogP contribution in [0.2, 0.25) is 0 Å². The fourth-order valence-corrected chi connectivity index (χ4v) is 2.53. The third kappa shape index (κ3) is 6.10. The Balaban J connectivity index is 1.51. The maximum atomic E-state index is 12.4. The molecule has 3 rings (SSSR count). The number of hydrogen-bond acceptors (Lipinski definition) is 4. The normalized spacial score (nSPS) is 10.1. The number of amides is 2. The summed E-state index contributed by atoms with van der Waals surface area (Å²) in [7, 11) is 0. The number of benzene rings is 3. The van der Waals surface area contributed by atoms with E-state index in [1.807, 2.05) is 49.4 Å². The van der Waals surface area contributed by atoms with E-state index in [2.05, 4.69) is 10.9 Å². The molecule has 6 heteroatoms. The van der Waals surface area contributed by atoms with Crippen molar-refractivity contribution in [2.24, 2.45) is 0 Å². The molecule has 0 heterocycles. The molecular formula is C23H22N2O4. The number of aryl methyl sites for hydroxylation is 1. The van der Waals surface area contributed by atoms with Crippen LogP contribution in [0, 0.1) is 6.92 Å². The fourth-order valence-electron chi connectivity index (χ4n) is 2.53. The highest BCUT2D eigenvalue weighted by Crippen LogP contribution is 2.19. The topological polar surface area (TPSA) is 76.7 Å². The number of hydrogen-bond donors (Lipinski definition) is 2. The van der Waals surface area contributed by atoms with Gasteiger partial charge in [-0.1, -0.05) is 60.2 Å². The Morgan fingerprint density at radius 1 is 0.793 bits per heavy atom. The van der Waals surface area contributed by atoms with E-state index >= 15 is 0 Å². The number of rotatable bonds is 7. The molecule has 6 nitrogen and oxygen atoms in total. The molecule has 29 heavy (non-hydrogen) atoms. The molecule has 0 bridgehead atoms. The first-order chi connectivity index (χ1) is 14.1. The fraction of sp³-hybridized carbons (Fsp3) is 0.130. The van der Waals surface area contributed by atoms with E-state index in [-0.39, 0.29) is 6.61 Å². The van der Waals surface area contributed by atoms with Gasteiger partial charge in [-0.2, -0.15) is 0 Å². The number of ether oxygens (including phenoxy) is 2. The second-order valence-corrected chi connectivity index (χ2v) is 6.37. The highest BCUT2D eigenvalue weighted by molar-refractivity contribution is 5.97. The monoisotopic (exact) mass is 390 g/mol. The molecule has 0 radical (unpaired) electrons. The quantitative estimate of drug-likeness (QED) is 0.606. The summed E-state index contributed by atoms with van der Waals surface area (Å²) in [6.45, 7) is 2.09. The van der Waals surface area contributed by atoms with E-state index in [4.69, 9.17) is 9.47 Å². The summed E-state index contributed by atoms with van der Waals surface area (Å²) in [4.78, 5) is 24.4. The van der Waals surface area contributed by atoms with Crippen LogP contribution in [-0.4, -0.2) is 18.4 Å². The summed E-state index contributed by atoms with van der Waals surface area (Å²) in [5, 5.41) is 0. The van der Waals surface area contributed by atoms with Crippen molar-refractivity contribution in [3.8, 4) is 11.5 Å². The Morgan fingerprint density at radius 3 is 2.24 bits per heavy atom. The van der Waals surface area contributed by atoms with E-state index in [0.717, 1.165) is 11.1 Å². The standard InChI is InChI=1S/C23H22N2O4/c1-17-11-13-19(14-12-17)28-16-22(26)24-25-23(27)20-9-5-6-10-21(20)29-15-18-7-3-2-4-8-18/h2-14H,15-16H2,1H3,(H,24,26)(H,25,27). The van der Waals surface area contributed by atoms with Crippen molar-refractivity contribution in [3.05, 3.63) is 95.6 Å². The average Bonchev–Trinajstić information content (AvgIpc) is 2.76. The largest absolute Gasteiger partial charge is 0.488 e. The van der Waals surface area contributed by atoms with Crippen LogP contribution < -0.4 is 20.3 Å². The van der Waals surface area contributed by atoms with Gasteiger partial charge in [-0.3, -0.25) is 20.4 Å². The van der Waals surface area contributed by atoms with Gasteiger partial charge in [0, 0.05) is 0 Å². The summed E-state index contributed by atoms with van der Waals surface area (Å²) in [6, 6.07) is 23.8. The Morgan fingerprint density at radius 2 is 1.48 bits per heavy atom. The molecule has 2 N–H and O–H groups in total. The minimum Gasteiger partial charge on any atom is -0.488 e. The highest BCUT2D eigenvalue weighted by atomic mass is 16.5. The van der Waals surface area contributed by atoms with E-state index in [1.165, 1.54) is 0 Å². The van der Waals surface area contributed by atoms with Gasteiger partial charge in [0.15, 0.2) is 6.61 Å². The average molecular weight is 390 g/mol. The van der Waals surface area contributed by atoms with Crippen LogP contribution in [0.1, 0.15) is 21.5 Å². The lowest BCUT2D eigenvalue weighted by molar-refractivity contribution is -0.123. The molecular weight excluding hydrogens is 368 g/mol. The molecule has 0 unspecified atom stereocenters. The molecule has 3 aromatic rings. The van der Waals surface area contributed by atoms with Crippen molar-refractivity contribution in [2.45, 2.75) is 13.5 Å². The molecule has 0 atom stereocenters. The molecule has 0 saturated carbocycles. The first-order valence-electron chi connectivity index (χ1n) is 9.16. The first-order valence-corrected chi connectivity index (χ1v) is 9.16. The SMILES string of the molecule is Cc1ccc(OCC(=O)NNC(=O)c2ccccc2OCc2ccccc2)cc1. The van der Waals surface area contributed by atoms with Gasteiger partial charge >= 0.3 is 0 Å². The summed E-state index contributed by atoms with van der Waals surface area (Å²) in [6.07, 6.45) is 0. The minimum absolute atomic E-state index is 0.213. The lowest BCUT2D eigenvalue weighted by Gasteiger charge is -2.12. The number of hydrazine groups is 1. The zero-order chi connectivity index (χ0) is 20.5. The zero-order valence-electron chi connectivity index (χ0n) is 16.1. The van der Waals surface area contributed by atoms with Crippen LogP contribution in [0.3, 0.4) is 0 Å². The Labute approximate surface area is 169 Å². The van der Waals surface area contributed by atoms with Gasteiger partial charge in [-0.25, -0.2) is 0 Å². The predicted molar refractivity (Wildman–Crippen MR) is 109 cm³/mol. The number of carbonyl (C=O) groups excluding carboxylic acids is 2. The summed E-state index contributed by atoms with van der Waals surface area (Å²) in [5.41, 5.74) is 7.14. The molecule has 148 valence electrons. The second-order valence-electron chi connectivity index (χ2n) is 6.37. The lowest BCUT2D eigenvalue weighted by atomic mass is 10.2. The zero-order valence-corrected chi connectivity index (χ0v) is 16.1. The predicted octanol–water partition coefficient (Wildman–Crippen LogP) is 3.41. The number of para-hydroxylation sites is 1. The van der Waals surface area contributed by atoms with Crippen molar-refractivity contribution in [1.29, 1.82) is 0 Å². The maximum absolute atomic E-state index is 12.4. The van der Waals surface area contributed by atoms with Crippen LogP contribution >= 0.6 is 0 Å². The summed E-state index contributed by atoms with van der Waals surface area (Å²) in [5.74, 6) is 0.0645. The van der Waals surface area contributed by atoms with E-state index in [1.54, 1.807) is 36.4 Å². The van der Waals surface area contributed by atoms with Crippen molar-refractivity contribution in [3.63, 3.8) is 0 Å². The van der Waals surface area contributed by atoms with Gasteiger partial charge in [-0.05, 0) is 36.8 Å². The van der Waals surface area contributed by atoms with Crippen molar-refractivity contribution < 1.29 is 19.1 Å². The van der Waals surface area contributed by atoms with Gasteiger partial charge < -0.3 is 9.47 Å². The van der Waals surface area contributed by atoms with Gasteiger partial charge in [0.25, 0.3) is 11.8 Å². The van der Waals surface area contributed by atoms with Crippen LogP contribution in [0.5, 0.6) is 11.5 Å². The van der Waals surface area contributed by atoms with Crippen LogP contribution in [0.15, 0.2) is 78.9 Å². The molecule has 0 aliphatic rings. The summed E-state index contributed by atoms with van der Waals surface area (Å²) >= 11 is 0. The maximum Gasteiger partial charge on any atom is 0.276 e. The van der Waals surface area contributed by atoms with Crippen LogP contribution in [0.4, 0.5) is 0 Å². The van der Waals surface area contributed by atoms with E-state index < -0.39 is 11.8 Å². The smallest absolute Gasteiger partial charge is 0.276 e. The third-order valence-electron chi connectivity index (χ3n) is 4.08. The molecule has 3 aromatic carbocycles. The van der Waals surface area contributed by atoms with Gasteiger partial charge in [0.05, 0.1) is 5.56 Å². The van der Waals surface area contributed by atoms with Crippen LogP contribution in [-0.2, 0) is 11.4 Å². The Hall–Kier alpha value is -3.80. The van der Waals surface area contributed by atoms with Crippen molar-refractivity contribution in [1.82, 2.24) is 10.9 Å². The Bertz CT molecular complexity index is 956.